The van der Waals surface area contributed by atoms with Crippen LogP contribution in [0.4, 0.5) is 0 Å². The number of nitrogens with zero attached hydrogens (tertiary/aromatic N) is 3. The van der Waals surface area contributed by atoms with E-state index < -0.39 is 5.54 Å². The van der Waals surface area contributed by atoms with Crippen LogP contribution in [0, 0.1) is 0 Å². The third-order valence-electron chi connectivity index (χ3n) is 6.21. The van der Waals surface area contributed by atoms with Gasteiger partial charge in [-0.05, 0) is 18.1 Å². The molecule has 1 N–H and O–H groups in total. The van der Waals surface area contributed by atoms with E-state index in [1.165, 1.54) is 18.2 Å². The predicted octanol–water partition coefficient (Wildman–Crippen LogP) is 4.08. The lowest BCUT2D eigenvalue weighted by molar-refractivity contribution is 0.0458. The molecule has 0 spiro atoms. The molecule has 0 radical (unpaired) electrons. The number of halogens is 2. The lowest BCUT2D eigenvalue weighted by atomic mass is 9.74. The summed E-state index contributed by atoms with van der Waals surface area (Å²) in [5.41, 5.74) is 2.83. The maximum atomic E-state index is 5.62. The van der Waals surface area contributed by atoms with Crippen LogP contribution in [-0.2, 0) is 12.1 Å². The molecule has 34 heavy (non-hydrogen) atoms. The van der Waals surface area contributed by atoms with Crippen molar-refractivity contribution in [1.29, 1.82) is 0 Å². The summed E-state index contributed by atoms with van der Waals surface area (Å²) >= 11 is 0. The van der Waals surface area contributed by atoms with Gasteiger partial charge in [-0.25, -0.2) is 0 Å². The molecular weight excluding hydrogens is 475 g/mol. The van der Waals surface area contributed by atoms with Crippen molar-refractivity contribution in [1.82, 2.24) is 20.2 Å². The van der Waals surface area contributed by atoms with Crippen LogP contribution in [0.3, 0.4) is 0 Å². The van der Waals surface area contributed by atoms with Gasteiger partial charge in [0, 0.05) is 25.7 Å². The minimum Gasteiger partial charge on any atom is -0.481 e. The zero-order valence-corrected chi connectivity index (χ0v) is 21.5. The SMILES string of the molecule is COc1nc(OC)c(CN2CCN[C@H](C)C2(c2ccccc2)c2ccccc2)c(OC)n1.Cl.Cl. The topological polar surface area (TPSA) is 68.7 Å². The summed E-state index contributed by atoms with van der Waals surface area (Å²) < 4.78 is 16.5. The molecule has 2 heterocycles. The Morgan fingerprint density at radius 3 is 1.79 bits per heavy atom. The summed E-state index contributed by atoms with van der Waals surface area (Å²) in [7, 11) is 4.74. The van der Waals surface area contributed by atoms with E-state index in [0.717, 1.165) is 18.7 Å². The first kappa shape index (κ1) is 27.7. The smallest absolute Gasteiger partial charge is 0.322 e. The van der Waals surface area contributed by atoms with Crippen LogP contribution in [0.1, 0.15) is 23.6 Å². The van der Waals surface area contributed by atoms with Gasteiger partial charge in [0.25, 0.3) is 0 Å². The van der Waals surface area contributed by atoms with Gasteiger partial charge in [0.2, 0.25) is 11.8 Å². The van der Waals surface area contributed by atoms with E-state index in [1.54, 1.807) is 14.2 Å². The summed E-state index contributed by atoms with van der Waals surface area (Å²) in [6.45, 7) is 4.48. The Morgan fingerprint density at radius 2 is 1.35 bits per heavy atom. The van der Waals surface area contributed by atoms with Crippen molar-refractivity contribution in [2.45, 2.75) is 25.0 Å². The Hall–Kier alpha value is -2.58. The molecule has 0 unspecified atom stereocenters. The second kappa shape index (κ2) is 12.2. The normalized spacial score (nSPS) is 17.1. The Bertz CT molecular complexity index is 976. The minimum absolute atomic E-state index is 0. The molecule has 0 aliphatic carbocycles. The van der Waals surface area contributed by atoms with Gasteiger partial charge < -0.3 is 19.5 Å². The average Bonchev–Trinajstić information content (AvgIpc) is 2.85. The van der Waals surface area contributed by atoms with Crippen molar-refractivity contribution < 1.29 is 14.2 Å². The van der Waals surface area contributed by atoms with Crippen LogP contribution in [-0.4, -0.2) is 55.3 Å². The molecule has 1 aromatic heterocycles. The molecule has 184 valence electrons. The van der Waals surface area contributed by atoms with Crippen molar-refractivity contribution in [2.75, 3.05) is 34.4 Å². The van der Waals surface area contributed by atoms with Gasteiger partial charge in [0.15, 0.2) is 0 Å². The number of methoxy groups -OCH3 is 3. The number of nitrogens with one attached hydrogen (secondary N) is 1. The lowest BCUT2D eigenvalue weighted by Crippen LogP contribution is -2.64. The Balaban J connectivity index is 0.00000204. The van der Waals surface area contributed by atoms with Crippen molar-refractivity contribution >= 4 is 24.8 Å². The highest BCUT2D eigenvalue weighted by Gasteiger charge is 2.47. The van der Waals surface area contributed by atoms with Crippen LogP contribution in [0.2, 0.25) is 0 Å². The fourth-order valence-electron chi connectivity index (χ4n) is 4.81. The van der Waals surface area contributed by atoms with Crippen molar-refractivity contribution in [3.8, 4) is 17.8 Å². The maximum absolute atomic E-state index is 5.62. The van der Waals surface area contributed by atoms with Gasteiger partial charge in [-0.2, -0.15) is 9.97 Å². The fraction of sp³-hybridized carbons (Fsp3) is 0.360. The molecule has 1 saturated heterocycles. The Kier molecular flexibility index (Phi) is 9.94. The van der Waals surface area contributed by atoms with Gasteiger partial charge in [0.05, 0.1) is 32.4 Å². The number of aromatic nitrogens is 2. The molecule has 3 aromatic rings. The second-order valence-corrected chi connectivity index (χ2v) is 7.80. The number of hydrogen-bond donors (Lipinski definition) is 1. The molecule has 0 bridgehead atoms. The monoisotopic (exact) mass is 506 g/mol. The van der Waals surface area contributed by atoms with Crippen molar-refractivity contribution in [3.05, 3.63) is 77.4 Å². The second-order valence-electron chi connectivity index (χ2n) is 7.80. The van der Waals surface area contributed by atoms with Gasteiger partial charge in [-0.1, -0.05) is 60.7 Å². The van der Waals surface area contributed by atoms with E-state index in [2.05, 4.69) is 87.8 Å². The molecule has 1 aliphatic rings. The first-order valence-electron chi connectivity index (χ1n) is 10.8. The van der Waals surface area contributed by atoms with E-state index in [1.807, 2.05) is 0 Å². The third kappa shape index (κ3) is 4.93. The van der Waals surface area contributed by atoms with Crippen molar-refractivity contribution in [2.24, 2.45) is 0 Å². The first-order valence-corrected chi connectivity index (χ1v) is 10.8. The van der Waals surface area contributed by atoms with Crippen LogP contribution < -0.4 is 19.5 Å². The van der Waals surface area contributed by atoms with Gasteiger partial charge in [0.1, 0.15) is 0 Å². The quantitative estimate of drug-likeness (QED) is 0.517. The van der Waals surface area contributed by atoms with Gasteiger partial charge in [-0.3, -0.25) is 4.90 Å². The fourth-order valence-corrected chi connectivity index (χ4v) is 4.81. The van der Waals surface area contributed by atoms with Gasteiger partial charge >= 0.3 is 6.01 Å². The van der Waals surface area contributed by atoms with E-state index >= 15 is 0 Å². The molecule has 4 rings (SSSR count). The summed E-state index contributed by atoms with van der Waals surface area (Å²) in [4.78, 5) is 11.3. The zero-order valence-electron chi connectivity index (χ0n) is 19.9. The summed E-state index contributed by atoms with van der Waals surface area (Å²) in [5.74, 6) is 0.907. The highest BCUT2D eigenvalue weighted by Crippen LogP contribution is 2.43. The molecule has 2 aromatic carbocycles. The van der Waals surface area contributed by atoms with Crippen molar-refractivity contribution in [3.63, 3.8) is 0 Å². The number of benzene rings is 2. The molecule has 1 atom stereocenters. The van der Waals surface area contributed by atoms with Gasteiger partial charge in [-0.15, -0.1) is 24.8 Å². The number of piperazine rings is 1. The highest BCUT2D eigenvalue weighted by molar-refractivity contribution is 5.85. The summed E-state index contributed by atoms with van der Waals surface area (Å²) in [6.07, 6.45) is 0. The zero-order chi connectivity index (χ0) is 22.6. The predicted molar refractivity (Wildman–Crippen MR) is 138 cm³/mol. The van der Waals surface area contributed by atoms with E-state index in [-0.39, 0.29) is 36.9 Å². The third-order valence-corrected chi connectivity index (χ3v) is 6.21. The molecule has 9 heteroatoms. The molecular formula is C25H32Cl2N4O3. The molecule has 1 aliphatic heterocycles. The van der Waals surface area contributed by atoms with Crippen LogP contribution >= 0.6 is 24.8 Å². The Morgan fingerprint density at radius 1 is 0.853 bits per heavy atom. The number of ether oxygens (including phenoxy) is 3. The van der Waals surface area contributed by atoms with E-state index in [0.29, 0.717) is 18.3 Å². The highest BCUT2D eigenvalue weighted by atomic mass is 35.5. The first-order chi connectivity index (χ1) is 15.6. The van der Waals surface area contributed by atoms with Crippen LogP contribution in [0.5, 0.6) is 17.8 Å². The summed E-state index contributed by atoms with van der Waals surface area (Å²) in [6, 6.07) is 21.6. The molecule has 0 saturated carbocycles. The summed E-state index contributed by atoms with van der Waals surface area (Å²) in [5, 5.41) is 3.71. The molecule has 1 fully saturated rings. The maximum Gasteiger partial charge on any atom is 0.322 e. The van der Waals surface area contributed by atoms with Crippen LogP contribution in [0.25, 0.3) is 0 Å². The number of rotatable bonds is 7. The van der Waals surface area contributed by atoms with Crippen LogP contribution in [0.15, 0.2) is 60.7 Å². The molecule has 0 amide bonds. The standard InChI is InChI=1S/C25H30N4O3.2ClH/c1-18-25(19-11-7-5-8-12-19,20-13-9-6-10-14-20)29(16-15-26-18)17-21-22(30-2)27-24(32-4)28-23(21)31-3;;/h5-14,18,26H,15-17H2,1-4H3;2*1H/t18-;;/m1../s1. The molecule has 7 nitrogen and oxygen atoms in total. The largest absolute Gasteiger partial charge is 0.481 e. The Labute approximate surface area is 213 Å². The minimum atomic E-state index is -0.406. The van der Waals surface area contributed by atoms with E-state index in [4.69, 9.17) is 14.2 Å². The number of hydrogen-bond acceptors (Lipinski definition) is 7. The average molecular weight is 507 g/mol. The van der Waals surface area contributed by atoms with E-state index in [9.17, 15) is 0 Å². The lowest BCUT2D eigenvalue weighted by Gasteiger charge is -2.52.